The summed E-state index contributed by atoms with van der Waals surface area (Å²) >= 11 is 4.74. The summed E-state index contributed by atoms with van der Waals surface area (Å²) in [5.74, 6) is 0.385. The summed E-state index contributed by atoms with van der Waals surface area (Å²) in [5, 5.41) is 0. The van der Waals surface area contributed by atoms with Gasteiger partial charge in [0.15, 0.2) is 9.84 Å². The Bertz CT molecular complexity index is 449. The molecule has 0 aromatic carbocycles. The maximum Gasteiger partial charge on any atom is 0.155 e. The fraction of sp³-hybridized carbons (Fsp3) is 0.429. The van der Waals surface area contributed by atoms with Crippen LogP contribution in [0.4, 0.5) is 5.69 Å². The molecule has 2 N–H and O–H groups in total. The first-order chi connectivity index (χ1) is 5.99. The van der Waals surface area contributed by atoms with E-state index in [2.05, 4.69) is 15.9 Å². The first-order valence-electron chi connectivity index (χ1n) is 3.75. The van der Waals surface area contributed by atoms with Crippen LogP contribution < -0.4 is 5.73 Å². The van der Waals surface area contributed by atoms with E-state index < -0.39 is 9.84 Å². The number of anilines is 1. The molecule has 0 fully saturated rings. The van der Waals surface area contributed by atoms with E-state index in [0.29, 0.717) is 6.42 Å². The molecule has 0 atom stereocenters. The van der Waals surface area contributed by atoms with Crippen LogP contribution in [0.5, 0.6) is 0 Å². The van der Waals surface area contributed by atoms with Gasteiger partial charge in [0.25, 0.3) is 0 Å². The van der Waals surface area contributed by atoms with Gasteiger partial charge < -0.3 is 5.73 Å². The van der Waals surface area contributed by atoms with Crippen LogP contribution >= 0.6 is 27.3 Å². The van der Waals surface area contributed by atoms with Crippen molar-refractivity contribution >= 4 is 42.8 Å². The average molecular weight is 282 g/mol. The molecule has 2 heterocycles. The topological polar surface area (TPSA) is 60.2 Å². The first-order valence-corrected chi connectivity index (χ1v) is 7.18. The van der Waals surface area contributed by atoms with Crippen molar-refractivity contribution in [3.05, 3.63) is 14.2 Å². The molecule has 0 unspecified atom stereocenters. The van der Waals surface area contributed by atoms with E-state index in [4.69, 9.17) is 5.73 Å². The molecule has 0 spiro atoms. The highest BCUT2D eigenvalue weighted by Crippen LogP contribution is 2.39. The van der Waals surface area contributed by atoms with Gasteiger partial charge in [-0.15, -0.1) is 11.3 Å². The van der Waals surface area contributed by atoms with Crippen LogP contribution in [0.1, 0.15) is 10.4 Å². The second-order valence-electron chi connectivity index (χ2n) is 3.03. The molecule has 0 aliphatic carbocycles. The van der Waals surface area contributed by atoms with E-state index in [1.54, 1.807) is 0 Å². The second-order valence-corrected chi connectivity index (χ2v) is 7.64. The molecule has 1 aromatic rings. The summed E-state index contributed by atoms with van der Waals surface area (Å²) in [6.45, 7) is 0. The SMILES string of the molecule is Nc1c(Br)sc2c1CCS(=O)(=O)C2. The Hall–Kier alpha value is -0.0700. The minimum atomic E-state index is -2.87. The molecule has 1 aromatic heterocycles. The van der Waals surface area contributed by atoms with Gasteiger partial charge in [-0.2, -0.15) is 0 Å². The third kappa shape index (κ3) is 1.62. The largest absolute Gasteiger partial charge is 0.397 e. The molecule has 6 heteroatoms. The van der Waals surface area contributed by atoms with Gasteiger partial charge in [0, 0.05) is 4.88 Å². The Labute approximate surface area is 89.0 Å². The van der Waals surface area contributed by atoms with Crippen molar-refractivity contribution in [1.82, 2.24) is 0 Å². The molecule has 0 saturated heterocycles. The number of hydrogen-bond acceptors (Lipinski definition) is 4. The zero-order valence-corrected chi connectivity index (χ0v) is 9.93. The maximum atomic E-state index is 11.3. The fourth-order valence-corrected chi connectivity index (χ4v) is 5.03. The maximum absolute atomic E-state index is 11.3. The minimum Gasteiger partial charge on any atom is -0.397 e. The third-order valence-corrected chi connectivity index (χ3v) is 5.79. The molecule has 2 rings (SSSR count). The van der Waals surface area contributed by atoms with Crippen molar-refractivity contribution in [3.8, 4) is 0 Å². The average Bonchev–Trinajstić information content (AvgIpc) is 2.25. The van der Waals surface area contributed by atoms with Crippen LogP contribution in [0.2, 0.25) is 0 Å². The molecule has 0 radical (unpaired) electrons. The quantitative estimate of drug-likeness (QED) is 0.785. The van der Waals surface area contributed by atoms with Crippen LogP contribution in [0.25, 0.3) is 0 Å². The Kier molecular flexibility index (Phi) is 2.16. The van der Waals surface area contributed by atoms with Crippen molar-refractivity contribution in [2.24, 2.45) is 0 Å². The molecule has 72 valence electrons. The lowest BCUT2D eigenvalue weighted by molar-refractivity contribution is 0.592. The van der Waals surface area contributed by atoms with E-state index in [1.807, 2.05) is 0 Å². The van der Waals surface area contributed by atoms with Gasteiger partial charge in [-0.25, -0.2) is 8.42 Å². The number of halogens is 1. The van der Waals surface area contributed by atoms with Gasteiger partial charge >= 0.3 is 0 Å². The molecule has 13 heavy (non-hydrogen) atoms. The Balaban J connectivity index is 2.54. The zero-order chi connectivity index (χ0) is 9.64. The number of hydrogen-bond donors (Lipinski definition) is 1. The van der Waals surface area contributed by atoms with E-state index in [9.17, 15) is 8.42 Å². The van der Waals surface area contributed by atoms with Crippen molar-refractivity contribution < 1.29 is 8.42 Å². The summed E-state index contributed by atoms with van der Waals surface area (Å²) in [7, 11) is -2.87. The van der Waals surface area contributed by atoms with Crippen LogP contribution in [-0.2, 0) is 22.0 Å². The van der Waals surface area contributed by atoms with Crippen molar-refractivity contribution in [2.45, 2.75) is 12.2 Å². The highest BCUT2D eigenvalue weighted by molar-refractivity contribution is 9.11. The normalized spacial score (nSPS) is 19.8. The lowest BCUT2D eigenvalue weighted by Gasteiger charge is -2.11. The number of nitrogen functional groups attached to an aromatic ring is 1. The summed E-state index contributed by atoms with van der Waals surface area (Å²) in [6.07, 6.45) is 0.561. The third-order valence-electron chi connectivity index (χ3n) is 2.10. The number of thiophene rings is 1. The van der Waals surface area contributed by atoms with Gasteiger partial charge in [-0.3, -0.25) is 0 Å². The molecule has 1 aliphatic rings. The minimum absolute atomic E-state index is 0.156. The van der Waals surface area contributed by atoms with E-state index in [0.717, 1.165) is 19.9 Å². The monoisotopic (exact) mass is 281 g/mol. The highest BCUT2D eigenvalue weighted by Gasteiger charge is 2.25. The lowest BCUT2D eigenvalue weighted by atomic mass is 10.2. The summed E-state index contributed by atoms with van der Waals surface area (Å²) in [4.78, 5) is 0.899. The highest BCUT2D eigenvalue weighted by atomic mass is 79.9. The molecule has 0 saturated carbocycles. The van der Waals surface area contributed by atoms with Crippen LogP contribution in [0, 0.1) is 0 Å². The number of sulfone groups is 1. The number of fused-ring (bicyclic) bond motifs is 1. The standard InChI is InChI=1S/C7H8BrNO2S2/c8-7-6(9)4-1-2-13(10,11)3-5(4)12-7/h1-3,9H2. The molecular weight excluding hydrogens is 274 g/mol. The van der Waals surface area contributed by atoms with Gasteiger partial charge in [0.2, 0.25) is 0 Å². The Morgan fingerprint density at radius 1 is 1.46 bits per heavy atom. The predicted octanol–water partition coefficient (Wildman–Crippen LogP) is 1.56. The summed E-state index contributed by atoms with van der Waals surface area (Å²) in [6, 6.07) is 0. The fourth-order valence-electron chi connectivity index (χ4n) is 1.41. The van der Waals surface area contributed by atoms with Crippen molar-refractivity contribution in [2.75, 3.05) is 11.5 Å². The predicted molar refractivity (Wildman–Crippen MR) is 57.6 cm³/mol. The summed E-state index contributed by atoms with van der Waals surface area (Å²) < 4.78 is 23.4. The van der Waals surface area contributed by atoms with Gasteiger partial charge in [-0.1, -0.05) is 0 Å². The van der Waals surface area contributed by atoms with Crippen molar-refractivity contribution in [1.29, 1.82) is 0 Å². The molecule has 0 amide bonds. The van der Waals surface area contributed by atoms with Crippen LogP contribution in [0.3, 0.4) is 0 Å². The van der Waals surface area contributed by atoms with Gasteiger partial charge in [-0.05, 0) is 27.9 Å². The summed E-state index contributed by atoms with van der Waals surface area (Å²) in [5.41, 5.74) is 7.52. The smallest absolute Gasteiger partial charge is 0.155 e. The van der Waals surface area contributed by atoms with Crippen molar-refractivity contribution in [3.63, 3.8) is 0 Å². The zero-order valence-electron chi connectivity index (χ0n) is 6.71. The number of nitrogens with two attached hydrogens (primary N) is 1. The molecule has 3 nitrogen and oxygen atoms in total. The Morgan fingerprint density at radius 3 is 2.85 bits per heavy atom. The van der Waals surface area contributed by atoms with Gasteiger partial charge in [0.1, 0.15) is 0 Å². The van der Waals surface area contributed by atoms with Gasteiger partial charge in [0.05, 0.1) is 21.0 Å². The molecular formula is C7H8BrNO2S2. The second kappa shape index (κ2) is 2.96. The lowest BCUT2D eigenvalue weighted by Crippen LogP contribution is -2.17. The van der Waals surface area contributed by atoms with E-state index >= 15 is 0 Å². The molecule has 0 bridgehead atoms. The molecule has 1 aliphatic heterocycles. The first kappa shape index (κ1) is 9.48. The number of rotatable bonds is 0. The van der Waals surface area contributed by atoms with Crippen LogP contribution in [-0.4, -0.2) is 14.2 Å². The van der Waals surface area contributed by atoms with E-state index in [-0.39, 0.29) is 11.5 Å². The Morgan fingerprint density at radius 2 is 2.15 bits per heavy atom. The van der Waals surface area contributed by atoms with Crippen LogP contribution in [0.15, 0.2) is 3.79 Å². The van der Waals surface area contributed by atoms with E-state index in [1.165, 1.54) is 11.3 Å².